The summed E-state index contributed by atoms with van der Waals surface area (Å²) in [6, 6.07) is 0.0861. The Morgan fingerprint density at radius 2 is 1.96 bits per heavy atom. The van der Waals surface area contributed by atoms with Gasteiger partial charge in [-0.3, -0.25) is 9.59 Å². The number of ether oxygens (including phenoxy) is 3. The predicted octanol–water partition coefficient (Wildman–Crippen LogP) is 0.668. The number of hydrogen-bond acceptors (Lipinski definition) is 5. The molecule has 0 bridgehead atoms. The predicted molar refractivity (Wildman–Crippen MR) is 91.1 cm³/mol. The molecule has 0 aromatic rings. The monoisotopic (exact) mass is 354 g/mol. The van der Waals surface area contributed by atoms with Crippen LogP contribution in [0.25, 0.3) is 0 Å². The van der Waals surface area contributed by atoms with Crippen LogP contribution in [-0.4, -0.2) is 85.9 Å². The average molecular weight is 354 g/mol. The van der Waals surface area contributed by atoms with Crippen LogP contribution < -0.4 is 0 Å². The van der Waals surface area contributed by atoms with E-state index in [1.54, 1.807) is 4.90 Å². The Bertz CT molecular complexity index is 492. The SMILES string of the molecule is CC(C)N1CC2(COCC1=O)CN(C(=O)CC1CCOCC1)CCO2. The van der Waals surface area contributed by atoms with Gasteiger partial charge in [0.25, 0.3) is 0 Å². The molecule has 3 fully saturated rings. The summed E-state index contributed by atoms with van der Waals surface area (Å²) in [7, 11) is 0. The number of nitrogens with zero attached hydrogens (tertiary/aromatic N) is 2. The van der Waals surface area contributed by atoms with E-state index in [-0.39, 0.29) is 24.5 Å². The zero-order valence-electron chi connectivity index (χ0n) is 15.4. The van der Waals surface area contributed by atoms with Gasteiger partial charge in [-0.2, -0.15) is 0 Å². The van der Waals surface area contributed by atoms with Crippen molar-refractivity contribution < 1.29 is 23.8 Å². The molecule has 1 unspecified atom stereocenters. The van der Waals surface area contributed by atoms with Crippen LogP contribution >= 0.6 is 0 Å². The first-order valence-electron chi connectivity index (χ1n) is 9.36. The second kappa shape index (κ2) is 8.01. The van der Waals surface area contributed by atoms with Crippen LogP contribution in [0.4, 0.5) is 0 Å². The third kappa shape index (κ3) is 4.51. The number of hydrogen-bond donors (Lipinski definition) is 0. The Kier molecular flexibility index (Phi) is 5.96. The highest BCUT2D eigenvalue weighted by Crippen LogP contribution is 2.26. The van der Waals surface area contributed by atoms with Crippen LogP contribution in [0.5, 0.6) is 0 Å². The van der Waals surface area contributed by atoms with Gasteiger partial charge in [0.1, 0.15) is 12.2 Å². The van der Waals surface area contributed by atoms with E-state index in [2.05, 4.69) is 0 Å². The Balaban J connectivity index is 1.64. The van der Waals surface area contributed by atoms with Crippen LogP contribution in [0.3, 0.4) is 0 Å². The fourth-order valence-corrected chi connectivity index (χ4v) is 3.89. The van der Waals surface area contributed by atoms with E-state index in [1.165, 1.54) is 0 Å². The molecule has 1 spiro atoms. The Morgan fingerprint density at radius 3 is 2.68 bits per heavy atom. The van der Waals surface area contributed by atoms with E-state index in [4.69, 9.17) is 14.2 Å². The van der Waals surface area contributed by atoms with Crippen molar-refractivity contribution in [2.75, 3.05) is 52.7 Å². The molecule has 0 N–H and O–H groups in total. The molecule has 142 valence electrons. The van der Waals surface area contributed by atoms with Gasteiger partial charge in [-0.25, -0.2) is 0 Å². The van der Waals surface area contributed by atoms with Gasteiger partial charge in [-0.1, -0.05) is 0 Å². The van der Waals surface area contributed by atoms with E-state index in [9.17, 15) is 9.59 Å². The zero-order valence-corrected chi connectivity index (χ0v) is 15.4. The molecule has 25 heavy (non-hydrogen) atoms. The number of carbonyl (C=O) groups is 2. The maximum absolute atomic E-state index is 12.8. The first-order chi connectivity index (χ1) is 12.0. The minimum Gasteiger partial charge on any atom is -0.381 e. The quantitative estimate of drug-likeness (QED) is 0.745. The van der Waals surface area contributed by atoms with Crippen molar-refractivity contribution >= 4 is 11.8 Å². The summed E-state index contributed by atoms with van der Waals surface area (Å²) in [5.41, 5.74) is -0.611. The van der Waals surface area contributed by atoms with Crippen molar-refractivity contribution in [1.29, 1.82) is 0 Å². The highest BCUT2D eigenvalue weighted by molar-refractivity contribution is 5.78. The van der Waals surface area contributed by atoms with Crippen LogP contribution in [0.15, 0.2) is 0 Å². The summed E-state index contributed by atoms with van der Waals surface area (Å²) >= 11 is 0. The highest BCUT2D eigenvalue weighted by Gasteiger charge is 2.43. The van der Waals surface area contributed by atoms with E-state index in [1.807, 2.05) is 18.7 Å². The zero-order chi connectivity index (χ0) is 17.9. The van der Waals surface area contributed by atoms with Gasteiger partial charge in [-0.15, -0.1) is 0 Å². The molecule has 3 aliphatic heterocycles. The molecule has 7 heteroatoms. The maximum Gasteiger partial charge on any atom is 0.248 e. The molecule has 3 heterocycles. The van der Waals surface area contributed by atoms with Gasteiger partial charge < -0.3 is 24.0 Å². The maximum atomic E-state index is 12.8. The molecular formula is C18H30N2O5. The van der Waals surface area contributed by atoms with Crippen molar-refractivity contribution in [3.63, 3.8) is 0 Å². The fraction of sp³-hybridized carbons (Fsp3) is 0.889. The van der Waals surface area contributed by atoms with Crippen molar-refractivity contribution in [1.82, 2.24) is 9.80 Å². The molecular weight excluding hydrogens is 324 g/mol. The van der Waals surface area contributed by atoms with Gasteiger partial charge in [0.15, 0.2) is 0 Å². The van der Waals surface area contributed by atoms with Crippen LogP contribution in [-0.2, 0) is 23.8 Å². The minimum atomic E-state index is -0.611. The Hall–Kier alpha value is -1.18. The lowest BCUT2D eigenvalue weighted by Crippen LogP contribution is -2.60. The van der Waals surface area contributed by atoms with E-state index in [0.717, 1.165) is 26.1 Å². The van der Waals surface area contributed by atoms with Crippen LogP contribution in [0.2, 0.25) is 0 Å². The third-order valence-electron chi connectivity index (χ3n) is 5.40. The number of amides is 2. The van der Waals surface area contributed by atoms with Gasteiger partial charge >= 0.3 is 0 Å². The van der Waals surface area contributed by atoms with Crippen molar-refractivity contribution in [2.24, 2.45) is 5.92 Å². The minimum absolute atomic E-state index is 0.0128. The Morgan fingerprint density at radius 1 is 1.20 bits per heavy atom. The second-order valence-corrected chi connectivity index (χ2v) is 7.71. The summed E-state index contributed by atoms with van der Waals surface area (Å²) in [4.78, 5) is 28.7. The molecule has 0 radical (unpaired) electrons. The highest BCUT2D eigenvalue weighted by atomic mass is 16.5. The lowest BCUT2D eigenvalue weighted by molar-refractivity contribution is -0.163. The largest absolute Gasteiger partial charge is 0.381 e. The standard InChI is InChI=1S/C18H30N2O5/c1-14(2)20-12-18(13-24-10-17(20)22)11-19(5-8-25-18)16(21)9-15-3-6-23-7-4-15/h14-15H,3-13H2,1-2H3. The van der Waals surface area contributed by atoms with Gasteiger partial charge in [0, 0.05) is 32.2 Å². The van der Waals surface area contributed by atoms with E-state index >= 15 is 0 Å². The smallest absolute Gasteiger partial charge is 0.248 e. The van der Waals surface area contributed by atoms with Crippen LogP contribution in [0.1, 0.15) is 33.1 Å². The molecule has 3 rings (SSSR count). The fourth-order valence-electron chi connectivity index (χ4n) is 3.89. The third-order valence-corrected chi connectivity index (χ3v) is 5.40. The lowest BCUT2D eigenvalue weighted by Gasteiger charge is -2.44. The summed E-state index contributed by atoms with van der Waals surface area (Å²) in [5.74, 6) is 0.585. The molecule has 3 saturated heterocycles. The topological polar surface area (TPSA) is 68.3 Å². The summed E-state index contributed by atoms with van der Waals surface area (Å²) < 4.78 is 17.0. The molecule has 3 aliphatic rings. The van der Waals surface area contributed by atoms with Crippen molar-refractivity contribution in [2.45, 2.75) is 44.8 Å². The summed E-state index contributed by atoms with van der Waals surface area (Å²) in [6.07, 6.45) is 2.49. The number of rotatable bonds is 3. The van der Waals surface area contributed by atoms with Crippen LogP contribution in [0, 0.1) is 5.92 Å². The number of morpholine rings is 1. The molecule has 2 amide bonds. The molecule has 0 aromatic carbocycles. The average Bonchev–Trinajstić information content (AvgIpc) is 2.75. The molecule has 1 atom stereocenters. The normalized spacial score (nSPS) is 29.3. The molecule has 0 saturated carbocycles. The van der Waals surface area contributed by atoms with Gasteiger partial charge in [0.2, 0.25) is 11.8 Å². The second-order valence-electron chi connectivity index (χ2n) is 7.71. The lowest BCUT2D eigenvalue weighted by atomic mass is 9.95. The molecule has 0 aliphatic carbocycles. The Labute approximate surface area is 149 Å². The number of carbonyl (C=O) groups excluding carboxylic acids is 2. The van der Waals surface area contributed by atoms with E-state index < -0.39 is 5.60 Å². The van der Waals surface area contributed by atoms with E-state index in [0.29, 0.717) is 45.2 Å². The van der Waals surface area contributed by atoms with Crippen molar-refractivity contribution in [3.8, 4) is 0 Å². The van der Waals surface area contributed by atoms with Crippen molar-refractivity contribution in [3.05, 3.63) is 0 Å². The first-order valence-corrected chi connectivity index (χ1v) is 9.36. The van der Waals surface area contributed by atoms with Gasteiger partial charge in [-0.05, 0) is 32.6 Å². The molecule has 0 aromatic heterocycles. The summed E-state index contributed by atoms with van der Waals surface area (Å²) in [5, 5.41) is 0. The molecule has 7 nitrogen and oxygen atoms in total. The first kappa shape index (κ1) is 18.6. The summed E-state index contributed by atoms with van der Waals surface area (Å²) in [6.45, 7) is 8.00. The van der Waals surface area contributed by atoms with Gasteiger partial charge in [0.05, 0.1) is 26.3 Å².